The highest BCUT2D eigenvalue weighted by molar-refractivity contribution is 5.94. The quantitative estimate of drug-likeness (QED) is 0.774. The van der Waals surface area contributed by atoms with Crippen LogP contribution in [0.1, 0.15) is 24.2 Å². The van der Waals surface area contributed by atoms with Gasteiger partial charge in [0.2, 0.25) is 0 Å². The fourth-order valence-electron chi connectivity index (χ4n) is 3.33. The van der Waals surface area contributed by atoms with E-state index < -0.39 is 0 Å². The van der Waals surface area contributed by atoms with Gasteiger partial charge in [0.15, 0.2) is 6.54 Å². The summed E-state index contributed by atoms with van der Waals surface area (Å²) in [5.41, 5.74) is 1.08. The van der Waals surface area contributed by atoms with E-state index in [4.69, 9.17) is 4.74 Å². The van der Waals surface area contributed by atoms with Crippen molar-refractivity contribution in [3.63, 3.8) is 0 Å². The predicted molar refractivity (Wildman–Crippen MR) is 109 cm³/mol. The first-order valence-corrected chi connectivity index (χ1v) is 9.85. The first-order valence-electron chi connectivity index (χ1n) is 9.85. The molecule has 2 N–H and O–H groups in total. The summed E-state index contributed by atoms with van der Waals surface area (Å²) in [4.78, 5) is 27.8. The number of amides is 2. The smallest absolute Gasteiger partial charge is 0.279 e. The molecule has 0 aliphatic carbocycles. The number of rotatable bonds is 6. The molecule has 0 aromatic heterocycles. The third-order valence-corrected chi connectivity index (χ3v) is 4.75. The van der Waals surface area contributed by atoms with Crippen LogP contribution >= 0.6 is 0 Å². The summed E-state index contributed by atoms with van der Waals surface area (Å²) >= 11 is 0. The molecule has 29 heavy (non-hydrogen) atoms. The number of nitrogens with zero attached hydrogens (tertiary/aromatic N) is 1. The van der Waals surface area contributed by atoms with Gasteiger partial charge in [-0.3, -0.25) is 9.59 Å². The van der Waals surface area contributed by atoms with Crippen molar-refractivity contribution in [1.82, 2.24) is 4.90 Å². The first kappa shape index (κ1) is 20.8. The lowest BCUT2D eigenvalue weighted by molar-refractivity contribution is -0.895. The third kappa shape index (κ3) is 6.02. The van der Waals surface area contributed by atoms with Gasteiger partial charge in [0.1, 0.15) is 11.6 Å². The van der Waals surface area contributed by atoms with Crippen molar-refractivity contribution in [2.75, 3.05) is 38.0 Å². The number of benzene rings is 2. The Kier molecular flexibility index (Phi) is 6.82. The van der Waals surface area contributed by atoms with Crippen molar-refractivity contribution >= 4 is 17.5 Å². The number of carbonyl (C=O) groups excluding carboxylic acids is 2. The Bertz CT molecular complexity index is 847. The van der Waals surface area contributed by atoms with Crippen LogP contribution in [0.15, 0.2) is 48.5 Å². The van der Waals surface area contributed by atoms with Crippen LogP contribution in [0, 0.1) is 5.82 Å². The maximum Gasteiger partial charge on any atom is 0.279 e. The van der Waals surface area contributed by atoms with E-state index in [0.717, 1.165) is 10.6 Å². The lowest BCUT2D eigenvalue weighted by Crippen LogP contribution is -3.15. The Morgan fingerprint density at radius 1 is 1.14 bits per heavy atom. The zero-order valence-corrected chi connectivity index (χ0v) is 16.8. The summed E-state index contributed by atoms with van der Waals surface area (Å²) in [5, 5.41) is 2.72. The molecule has 154 valence electrons. The van der Waals surface area contributed by atoms with E-state index in [1.807, 2.05) is 30.9 Å². The van der Waals surface area contributed by atoms with Gasteiger partial charge in [-0.15, -0.1) is 0 Å². The predicted octanol–water partition coefficient (Wildman–Crippen LogP) is 1.59. The van der Waals surface area contributed by atoms with Crippen LogP contribution in [0.25, 0.3) is 0 Å². The van der Waals surface area contributed by atoms with E-state index in [0.29, 0.717) is 44.0 Å². The molecule has 0 radical (unpaired) electrons. The van der Waals surface area contributed by atoms with Crippen molar-refractivity contribution in [1.29, 1.82) is 0 Å². The summed E-state index contributed by atoms with van der Waals surface area (Å²) in [5.74, 6) is 0.191. The molecule has 2 aromatic carbocycles. The van der Waals surface area contributed by atoms with Crippen molar-refractivity contribution in [3.8, 4) is 5.75 Å². The highest BCUT2D eigenvalue weighted by atomic mass is 19.1. The summed E-state index contributed by atoms with van der Waals surface area (Å²) in [6, 6.07) is 13.0. The molecule has 0 spiro atoms. The average Bonchev–Trinajstić information content (AvgIpc) is 2.68. The first-order chi connectivity index (χ1) is 13.9. The monoisotopic (exact) mass is 400 g/mol. The second-order valence-electron chi connectivity index (χ2n) is 7.47. The number of hydrogen-bond donors (Lipinski definition) is 2. The topological polar surface area (TPSA) is 63.1 Å². The Morgan fingerprint density at radius 2 is 1.83 bits per heavy atom. The Morgan fingerprint density at radius 3 is 2.45 bits per heavy atom. The highest BCUT2D eigenvalue weighted by Gasteiger charge is 2.26. The summed E-state index contributed by atoms with van der Waals surface area (Å²) in [6.07, 6.45) is 0.0886. The fourth-order valence-corrected chi connectivity index (χ4v) is 3.33. The van der Waals surface area contributed by atoms with Crippen LogP contribution in [0.2, 0.25) is 0 Å². The van der Waals surface area contributed by atoms with Gasteiger partial charge in [-0.1, -0.05) is 6.07 Å². The van der Waals surface area contributed by atoms with Crippen molar-refractivity contribution in [2.45, 2.75) is 20.0 Å². The Labute approximate surface area is 170 Å². The van der Waals surface area contributed by atoms with Gasteiger partial charge >= 0.3 is 0 Å². The number of quaternary nitrogens is 1. The van der Waals surface area contributed by atoms with Crippen molar-refractivity contribution < 1.29 is 23.6 Å². The SMILES string of the molecule is CC(C)Oc1ccc(C(=O)N2CC[NH+](CC(=O)Nc3cccc(F)c3)CC2)cc1. The Hall–Kier alpha value is -2.93. The second-order valence-corrected chi connectivity index (χ2v) is 7.47. The van der Waals surface area contributed by atoms with Crippen LogP contribution in [0.4, 0.5) is 10.1 Å². The minimum atomic E-state index is -0.383. The van der Waals surface area contributed by atoms with Gasteiger partial charge in [0.25, 0.3) is 11.8 Å². The van der Waals surface area contributed by atoms with E-state index in [9.17, 15) is 14.0 Å². The van der Waals surface area contributed by atoms with Crippen LogP contribution in [0.3, 0.4) is 0 Å². The highest BCUT2D eigenvalue weighted by Crippen LogP contribution is 2.15. The van der Waals surface area contributed by atoms with Crippen molar-refractivity contribution in [3.05, 3.63) is 59.9 Å². The molecule has 1 aliphatic heterocycles. The van der Waals surface area contributed by atoms with E-state index in [1.165, 1.54) is 12.1 Å². The molecular formula is C22H27FN3O3+. The molecule has 1 fully saturated rings. The van der Waals surface area contributed by atoms with Crippen LogP contribution in [-0.2, 0) is 4.79 Å². The third-order valence-electron chi connectivity index (χ3n) is 4.75. The van der Waals surface area contributed by atoms with Gasteiger partial charge in [-0.25, -0.2) is 4.39 Å². The van der Waals surface area contributed by atoms with Gasteiger partial charge in [-0.2, -0.15) is 0 Å². The number of ether oxygens (including phenoxy) is 1. The Balaban J connectivity index is 1.47. The molecule has 2 amide bonds. The summed E-state index contributed by atoms with van der Waals surface area (Å²) in [7, 11) is 0. The molecule has 0 saturated carbocycles. The van der Waals surface area contributed by atoms with Crippen LogP contribution < -0.4 is 15.0 Å². The summed E-state index contributed by atoms with van der Waals surface area (Å²) in [6.45, 7) is 6.77. The zero-order chi connectivity index (χ0) is 20.8. The number of nitrogens with one attached hydrogen (secondary N) is 2. The average molecular weight is 400 g/mol. The maximum atomic E-state index is 13.2. The molecule has 2 aromatic rings. The minimum absolute atomic E-state index is 0.00985. The molecule has 6 nitrogen and oxygen atoms in total. The number of halogens is 1. The largest absolute Gasteiger partial charge is 0.491 e. The fraction of sp³-hybridized carbons (Fsp3) is 0.364. The molecular weight excluding hydrogens is 373 g/mol. The van der Waals surface area contributed by atoms with Crippen molar-refractivity contribution in [2.24, 2.45) is 0 Å². The van der Waals surface area contributed by atoms with Gasteiger partial charge in [-0.05, 0) is 56.3 Å². The molecule has 0 unspecified atom stereocenters. The summed E-state index contributed by atoms with van der Waals surface area (Å²) < 4.78 is 18.8. The standard InChI is InChI=1S/C22H26FN3O3/c1-16(2)29-20-8-6-17(7-9-20)22(28)26-12-10-25(11-13-26)15-21(27)24-19-5-3-4-18(23)14-19/h3-9,14,16H,10-13,15H2,1-2H3,(H,24,27)/p+1. The molecule has 7 heteroatoms. The molecule has 1 aliphatic rings. The van der Waals surface area contributed by atoms with Crippen LogP contribution in [0.5, 0.6) is 5.75 Å². The molecule has 1 saturated heterocycles. The van der Waals surface area contributed by atoms with E-state index in [2.05, 4.69) is 5.32 Å². The lowest BCUT2D eigenvalue weighted by atomic mass is 10.1. The van der Waals surface area contributed by atoms with E-state index >= 15 is 0 Å². The van der Waals surface area contributed by atoms with Crippen LogP contribution in [-0.4, -0.2) is 55.5 Å². The minimum Gasteiger partial charge on any atom is -0.491 e. The number of piperazine rings is 1. The van der Waals surface area contributed by atoms with Gasteiger partial charge in [0, 0.05) is 11.3 Å². The van der Waals surface area contributed by atoms with E-state index in [1.54, 1.807) is 24.3 Å². The molecule has 1 heterocycles. The lowest BCUT2D eigenvalue weighted by Gasteiger charge is -2.32. The zero-order valence-electron chi connectivity index (χ0n) is 16.8. The number of hydrogen-bond acceptors (Lipinski definition) is 3. The maximum absolute atomic E-state index is 13.2. The van der Waals surface area contributed by atoms with Gasteiger partial charge in [0.05, 0.1) is 32.3 Å². The van der Waals surface area contributed by atoms with Gasteiger partial charge < -0.3 is 19.9 Å². The number of anilines is 1. The molecule has 0 atom stereocenters. The number of carbonyl (C=O) groups is 2. The molecule has 3 rings (SSSR count). The molecule has 0 bridgehead atoms. The normalized spacial score (nSPS) is 14.7. The second kappa shape index (κ2) is 9.52. The van der Waals surface area contributed by atoms with E-state index in [-0.39, 0.29) is 23.7 Å².